The van der Waals surface area contributed by atoms with E-state index in [9.17, 15) is 5.21 Å². The molecule has 2 N–H and O–H groups in total. The maximum atomic E-state index is 13.7. The lowest BCUT2D eigenvalue weighted by molar-refractivity contribution is -0.630. The van der Waals surface area contributed by atoms with Crippen LogP contribution in [0.1, 0.15) is 28.1 Å². The smallest absolute Gasteiger partial charge is 0.318 e. The summed E-state index contributed by atoms with van der Waals surface area (Å²) in [6.45, 7) is 4.61. The lowest BCUT2D eigenvalue weighted by atomic mass is 9.96. The second kappa shape index (κ2) is 8.55. The maximum absolute atomic E-state index is 13.7. The first-order chi connectivity index (χ1) is 16.4. The molecule has 0 aliphatic carbocycles. The number of aryl methyl sites for hydroxylation is 2. The summed E-state index contributed by atoms with van der Waals surface area (Å²) in [5, 5.41) is 15.4. The highest BCUT2D eigenvalue weighted by atomic mass is 16.5. The van der Waals surface area contributed by atoms with E-state index in [1.54, 1.807) is 17.0 Å². The van der Waals surface area contributed by atoms with E-state index < -0.39 is 0 Å². The van der Waals surface area contributed by atoms with Gasteiger partial charge in [-0.05, 0) is 49.2 Å². The summed E-state index contributed by atoms with van der Waals surface area (Å²) in [5.74, 6) is 1.52. The number of methoxy groups -OCH3 is 1. The molecule has 0 spiro atoms. The number of aliphatic imine (C=N–C) groups is 1. The van der Waals surface area contributed by atoms with Crippen molar-refractivity contribution in [3.05, 3.63) is 100 Å². The van der Waals surface area contributed by atoms with Gasteiger partial charge < -0.3 is 15.7 Å². The van der Waals surface area contributed by atoms with Gasteiger partial charge in [0.15, 0.2) is 6.67 Å². The molecular formula is C26H26N6O2. The van der Waals surface area contributed by atoms with E-state index in [4.69, 9.17) is 15.5 Å². The van der Waals surface area contributed by atoms with Crippen LogP contribution in [-0.4, -0.2) is 45.3 Å². The topological polar surface area (TPSA) is 93.1 Å². The van der Waals surface area contributed by atoms with Crippen molar-refractivity contribution in [1.29, 1.82) is 0 Å². The van der Waals surface area contributed by atoms with E-state index in [-0.39, 0.29) is 5.96 Å². The van der Waals surface area contributed by atoms with Gasteiger partial charge in [0, 0.05) is 17.0 Å². The van der Waals surface area contributed by atoms with Gasteiger partial charge in [0.25, 0.3) is 5.96 Å². The number of amidine groups is 1. The molecule has 0 bridgehead atoms. The number of fused-ring (bicyclic) bond motifs is 1. The van der Waals surface area contributed by atoms with Gasteiger partial charge in [-0.1, -0.05) is 42.5 Å². The molecule has 0 saturated heterocycles. The second-order valence-corrected chi connectivity index (χ2v) is 8.38. The van der Waals surface area contributed by atoms with Gasteiger partial charge in [0.05, 0.1) is 19.4 Å². The number of hydrogen-bond acceptors (Lipinski definition) is 7. The third kappa shape index (κ3) is 3.83. The Morgan fingerprint density at radius 2 is 1.68 bits per heavy atom. The van der Waals surface area contributed by atoms with Gasteiger partial charge in [-0.25, -0.2) is 0 Å². The minimum atomic E-state index is 0.290. The average molecular weight is 455 g/mol. The summed E-state index contributed by atoms with van der Waals surface area (Å²) in [6, 6.07) is 21.4. The monoisotopic (exact) mass is 454 g/mol. The standard InChI is InChI=1S/C26H26N6O2/c1-17-13-21(14-18(2)28-17)23-24(20-7-5-4-6-8-20)29-26(27)31-16-30(32(33)25(23)31)15-19-9-11-22(34-3)12-10-19/h4-14H,15-16H2,1-3H3,(H2,27,29). The zero-order valence-corrected chi connectivity index (χ0v) is 19.4. The molecule has 0 radical (unpaired) electrons. The molecule has 8 nitrogen and oxygen atoms in total. The number of ether oxygens (including phenoxy) is 1. The molecule has 0 atom stereocenters. The average Bonchev–Trinajstić information content (AvgIpc) is 3.16. The Labute approximate surface area is 198 Å². The van der Waals surface area contributed by atoms with Gasteiger partial charge in [0.2, 0.25) is 0 Å². The molecule has 0 amide bonds. The molecule has 5 rings (SSSR count). The van der Waals surface area contributed by atoms with Crippen molar-refractivity contribution in [3.63, 3.8) is 0 Å². The molecule has 34 heavy (non-hydrogen) atoms. The largest absolute Gasteiger partial charge is 0.692 e. The van der Waals surface area contributed by atoms with Gasteiger partial charge in [-0.3, -0.25) is 4.98 Å². The Morgan fingerprint density at radius 1 is 1.00 bits per heavy atom. The number of pyridine rings is 1. The number of nitrogens with zero attached hydrogens (tertiary/aromatic N) is 5. The highest BCUT2D eigenvalue weighted by Crippen LogP contribution is 2.35. The van der Waals surface area contributed by atoms with E-state index >= 15 is 0 Å². The van der Waals surface area contributed by atoms with Crippen LogP contribution in [0, 0.1) is 19.1 Å². The zero-order chi connectivity index (χ0) is 23.8. The van der Waals surface area contributed by atoms with Crippen LogP contribution >= 0.6 is 0 Å². The number of hydrazine groups is 1. The predicted molar refractivity (Wildman–Crippen MR) is 132 cm³/mol. The fraction of sp³-hybridized carbons (Fsp3) is 0.192. The lowest BCUT2D eigenvalue weighted by Crippen LogP contribution is -2.44. The first-order valence-corrected chi connectivity index (χ1v) is 11.0. The first kappa shape index (κ1) is 21.5. The Bertz CT molecular complexity index is 1310. The van der Waals surface area contributed by atoms with Crippen LogP contribution in [0.2, 0.25) is 0 Å². The van der Waals surface area contributed by atoms with Crippen molar-refractivity contribution in [2.24, 2.45) is 10.7 Å². The van der Waals surface area contributed by atoms with Gasteiger partial charge in [0.1, 0.15) is 11.3 Å². The van der Waals surface area contributed by atoms with Crippen LogP contribution in [0.15, 0.2) is 71.7 Å². The predicted octanol–water partition coefficient (Wildman–Crippen LogP) is 3.50. The number of hydrogen-bond donors (Lipinski definition) is 1. The Kier molecular flexibility index (Phi) is 5.41. The van der Waals surface area contributed by atoms with E-state index in [1.165, 1.54) is 0 Å². The van der Waals surface area contributed by atoms with E-state index in [2.05, 4.69) is 4.98 Å². The van der Waals surface area contributed by atoms with E-state index in [1.807, 2.05) is 80.6 Å². The minimum Gasteiger partial charge on any atom is -0.692 e. The van der Waals surface area contributed by atoms with E-state index in [0.29, 0.717) is 24.7 Å². The summed E-state index contributed by atoms with van der Waals surface area (Å²) < 4.78 is 5.25. The van der Waals surface area contributed by atoms with Crippen LogP contribution in [0.4, 0.5) is 0 Å². The van der Waals surface area contributed by atoms with Crippen molar-refractivity contribution < 1.29 is 9.58 Å². The van der Waals surface area contributed by atoms with E-state index in [0.717, 1.165) is 44.2 Å². The molecule has 8 heteroatoms. The van der Waals surface area contributed by atoms with Gasteiger partial charge in [-0.15, -0.1) is 0 Å². The Morgan fingerprint density at radius 3 is 2.32 bits per heavy atom. The molecule has 0 unspecified atom stereocenters. The summed E-state index contributed by atoms with van der Waals surface area (Å²) in [4.78, 5) is 12.0. The molecule has 2 aliphatic rings. The Balaban J connectivity index is 1.65. The van der Waals surface area contributed by atoms with Crippen LogP contribution in [0.5, 0.6) is 5.75 Å². The minimum absolute atomic E-state index is 0.290. The highest BCUT2D eigenvalue weighted by molar-refractivity contribution is 6.33. The molecule has 2 aliphatic heterocycles. The molecule has 172 valence electrons. The van der Waals surface area contributed by atoms with Crippen molar-refractivity contribution in [1.82, 2.24) is 14.9 Å². The van der Waals surface area contributed by atoms with Crippen LogP contribution < -0.4 is 10.5 Å². The molecule has 3 aromatic rings. The van der Waals surface area contributed by atoms with Crippen LogP contribution in [0.3, 0.4) is 0 Å². The fourth-order valence-electron chi connectivity index (χ4n) is 4.38. The molecule has 0 saturated carbocycles. The molecule has 0 fully saturated rings. The number of nitrogens with two attached hydrogens (primary N) is 1. The van der Waals surface area contributed by atoms with Gasteiger partial charge >= 0.3 is 5.84 Å². The van der Waals surface area contributed by atoms with Crippen molar-refractivity contribution in [3.8, 4) is 5.75 Å². The summed E-state index contributed by atoms with van der Waals surface area (Å²) >= 11 is 0. The molecule has 1 aromatic heterocycles. The fourth-order valence-corrected chi connectivity index (χ4v) is 4.38. The number of guanidine groups is 1. The number of benzene rings is 2. The molecule has 3 heterocycles. The molecule has 2 aromatic carbocycles. The van der Waals surface area contributed by atoms with Crippen molar-refractivity contribution in [2.45, 2.75) is 20.4 Å². The molecular weight excluding hydrogens is 428 g/mol. The third-order valence-corrected chi connectivity index (χ3v) is 5.90. The zero-order valence-electron chi connectivity index (χ0n) is 19.4. The van der Waals surface area contributed by atoms with Crippen LogP contribution in [-0.2, 0) is 6.54 Å². The van der Waals surface area contributed by atoms with Gasteiger partial charge in [-0.2, -0.15) is 19.7 Å². The summed E-state index contributed by atoms with van der Waals surface area (Å²) in [7, 11) is 1.63. The Hall–Kier alpha value is -4.33. The number of rotatable bonds is 5. The lowest BCUT2D eigenvalue weighted by Gasteiger charge is -2.21. The van der Waals surface area contributed by atoms with Crippen molar-refractivity contribution in [2.75, 3.05) is 13.8 Å². The second-order valence-electron chi connectivity index (χ2n) is 8.38. The number of hydrazone groups is 1. The first-order valence-electron chi connectivity index (χ1n) is 11.0. The third-order valence-electron chi connectivity index (χ3n) is 5.90. The van der Waals surface area contributed by atoms with Crippen molar-refractivity contribution >= 4 is 23.1 Å². The quantitative estimate of drug-likeness (QED) is 0.469. The van der Waals surface area contributed by atoms with Crippen LogP contribution in [0.25, 0.3) is 11.3 Å². The SMILES string of the molecule is COc1ccc(CN2CN3C(N)=NC(c4ccccc4)=C(c4cc(C)nc(C)c4)C3=[N+]2[O-])cc1. The summed E-state index contributed by atoms with van der Waals surface area (Å²) in [6.07, 6.45) is 0. The summed E-state index contributed by atoms with van der Waals surface area (Å²) in [5.41, 5.74) is 12.3. The maximum Gasteiger partial charge on any atom is 0.318 e. The normalized spacial score (nSPS) is 15.6. The number of aromatic nitrogens is 1. The highest BCUT2D eigenvalue weighted by Gasteiger charge is 2.44.